The number of piperidine rings is 1. The van der Waals surface area contributed by atoms with Gasteiger partial charge in [-0.2, -0.15) is 0 Å². The number of methoxy groups -OCH3 is 1. The van der Waals surface area contributed by atoms with Crippen molar-refractivity contribution in [3.63, 3.8) is 0 Å². The average Bonchev–Trinajstić information content (AvgIpc) is 2.62. The highest BCUT2D eigenvalue weighted by Crippen LogP contribution is 2.42. The van der Waals surface area contributed by atoms with Crippen LogP contribution in [0.4, 0.5) is 4.39 Å². The van der Waals surface area contributed by atoms with Crippen LogP contribution >= 0.6 is 0 Å². The van der Waals surface area contributed by atoms with Crippen LogP contribution in [0.3, 0.4) is 0 Å². The Kier molecular flexibility index (Phi) is 6.53. The molecule has 1 aromatic carbocycles. The van der Waals surface area contributed by atoms with E-state index in [1.165, 1.54) is 24.3 Å². The van der Waals surface area contributed by atoms with Gasteiger partial charge in [-0.15, -0.1) is 0 Å². The molecule has 0 spiro atoms. The van der Waals surface area contributed by atoms with E-state index in [9.17, 15) is 14.0 Å². The fourth-order valence-electron chi connectivity index (χ4n) is 3.63. The molecule has 0 bridgehead atoms. The molecular formula is C20H27FN2O3. The monoisotopic (exact) mass is 362 g/mol. The van der Waals surface area contributed by atoms with E-state index in [0.29, 0.717) is 24.3 Å². The molecule has 5 nitrogen and oxygen atoms in total. The van der Waals surface area contributed by atoms with Crippen molar-refractivity contribution in [1.82, 2.24) is 5.01 Å². The predicted molar refractivity (Wildman–Crippen MR) is 97.2 cm³/mol. The van der Waals surface area contributed by atoms with Crippen molar-refractivity contribution in [2.75, 3.05) is 13.7 Å². The first kappa shape index (κ1) is 20.1. The zero-order valence-corrected chi connectivity index (χ0v) is 15.6. The van der Waals surface area contributed by atoms with Gasteiger partial charge in [0.1, 0.15) is 11.6 Å². The minimum absolute atomic E-state index is 0.0619. The number of rotatable bonds is 7. The molecule has 1 aromatic rings. The van der Waals surface area contributed by atoms with Gasteiger partial charge in [-0.25, -0.2) is 10.2 Å². The van der Waals surface area contributed by atoms with Crippen LogP contribution in [0.5, 0.6) is 0 Å². The van der Waals surface area contributed by atoms with Crippen LogP contribution in [0.15, 0.2) is 36.6 Å². The largest absolute Gasteiger partial charge is 0.501 e. The highest BCUT2D eigenvalue weighted by atomic mass is 19.1. The lowest BCUT2D eigenvalue weighted by Crippen LogP contribution is -2.49. The third-order valence-electron chi connectivity index (χ3n) is 5.05. The maximum Gasteiger partial charge on any atom is 0.240 e. The molecule has 1 amide bonds. The topological polar surface area (TPSA) is 72.6 Å². The molecule has 0 aliphatic carbocycles. The number of hydrazine groups is 1. The summed E-state index contributed by atoms with van der Waals surface area (Å²) in [6.45, 7) is 8.00. The minimum Gasteiger partial charge on any atom is -0.501 e. The van der Waals surface area contributed by atoms with Gasteiger partial charge in [-0.1, -0.05) is 32.6 Å². The summed E-state index contributed by atoms with van der Waals surface area (Å²) >= 11 is 0. The first-order chi connectivity index (χ1) is 12.3. The van der Waals surface area contributed by atoms with Crippen LogP contribution < -0.4 is 5.84 Å². The van der Waals surface area contributed by atoms with Gasteiger partial charge in [-0.3, -0.25) is 14.6 Å². The molecule has 3 atom stereocenters. The number of halogens is 1. The molecule has 1 fully saturated rings. The number of nitrogens with two attached hydrogens (primary N) is 1. The molecule has 0 radical (unpaired) electrons. The molecular weight excluding hydrogens is 335 g/mol. The van der Waals surface area contributed by atoms with Crippen molar-refractivity contribution < 1.29 is 18.7 Å². The summed E-state index contributed by atoms with van der Waals surface area (Å²) in [5.41, 5.74) is 0.706. The van der Waals surface area contributed by atoms with Gasteiger partial charge in [0.2, 0.25) is 5.91 Å². The number of allylic oxidation sites excluding steroid dienone is 1. The molecule has 6 heteroatoms. The lowest BCUT2D eigenvalue weighted by atomic mass is 9.70. The molecule has 1 saturated heterocycles. The Morgan fingerprint density at radius 3 is 2.50 bits per heavy atom. The zero-order chi connectivity index (χ0) is 19.4. The molecule has 142 valence electrons. The van der Waals surface area contributed by atoms with Crippen molar-refractivity contribution in [3.05, 3.63) is 48.0 Å². The SMILES string of the molecule is C=C(OC)C(C(=O)C(C)C)C(c1ccc(F)cc1)C1CCCN(N)C1=O. The Labute approximate surface area is 154 Å². The number of ether oxygens (including phenoxy) is 1. The van der Waals surface area contributed by atoms with Gasteiger partial charge < -0.3 is 4.74 Å². The highest BCUT2D eigenvalue weighted by Gasteiger charge is 2.43. The third-order valence-corrected chi connectivity index (χ3v) is 5.05. The number of carbonyl (C=O) groups excluding carboxylic acids is 2. The summed E-state index contributed by atoms with van der Waals surface area (Å²) in [7, 11) is 1.46. The van der Waals surface area contributed by atoms with Gasteiger partial charge in [-0.05, 0) is 30.5 Å². The summed E-state index contributed by atoms with van der Waals surface area (Å²) < 4.78 is 18.8. The number of carbonyl (C=O) groups is 2. The van der Waals surface area contributed by atoms with Gasteiger partial charge >= 0.3 is 0 Å². The number of Topliss-reactive ketones (excluding diaryl/α,β-unsaturated/α-hetero) is 1. The third kappa shape index (κ3) is 4.12. The van der Waals surface area contributed by atoms with E-state index in [4.69, 9.17) is 10.6 Å². The van der Waals surface area contributed by atoms with Gasteiger partial charge in [0, 0.05) is 24.3 Å². The summed E-state index contributed by atoms with van der Waals surface area (Å²) in [5.74, 6) is 3.54. The summed E-state index contributed by atoms with van der Waals surface area (Å²) in [5, 5.41) is 1.21. The Balaban J connectivity index is 2.56. The molecule has 1 aliphatic heterocycles. The smallest absolute Gasteiger partial charge is 0.240 e. The van der Waals surface area contributed by atoms with E-state index in [1.54, 1.807) is 26.0 Å². The lowest BCUT2D eigenvalue weighted by molar-refractivity contribution is -0.141. The fraction of sp³-hybridized carbons (Fsp3) is 0.500. The van der Waals surface area contributed by atoms with Crippen molar-refractivity contribution in [2.24, 2.45) is 23.6 Å². The van der Waals surface area contributed by atoms with E-state index in [2.05, 4.69) is 6.58 Å². The highest BCUT2D eigenvalue weighted by molar-refractivity contribution is 5.88. The number of ketones is 1. The second-order valence-electron chi connectivity index (χ2n) is 7.06. The minimum atomic E-state index is -0.703. The van der Waals surface area contributed by atoms with Crippen LogP contribution in [0.1, 0.15) is 38.2 Å². The average molecular weight is 362 g/mol. The van der Waals surface area contributed by atoms with Crippen LogP contribution in [0.2, 0.25) is 0 Å². The Bertz CT molecular complexity index is 672. The molecule has 0 aromatic heterocycles. The quantitative estimate of drug-likeness (QED) is 0.460. The number of nitrogens with zero attached hydrogens (tertiary/aromatic N) is 1. The van der Waals surface area contributed by atoms with Gasteiger partial charge in [0.15, 0.2) is 0 Å². The Morgan fingerprint density at radius 1 is 1.35 bits per heavy atom. The second-order valence-corrected chi connectivity index (χ2v) is 7.06. The van der Waals surface area contributed by atoms with E-state index < -0.39 is 17.8 Å². The summed E-state index contributed by atoms with van der Waals surface area (Å²) in [6.07, 6.45) is 1.35. The van der Waals surface area contributed by atoms with Crippen molar-refractivity contribution in [2.45, 2.75) is 32.6 Å². The van der Waals surface area contributed by atoms with E-state index in [-0.39, 0.29) is 23.4 Å². The molecule has 2 rings (SSSR count). The fourth-order valence-corrected chi connectivity index (χ4v) is 3.63. The van der Waals surface area contributed by atoms with Crippen molar-refractivity contribution in [1.29, 1.82) is 0 Å². The molecule has 1 aliphatic rings. The van der Waals surface area contributed by atoms with E-state index in [1.807, 2.05) is 0 Å². The van der Waals surface area contributed by atoms with E-state index in [0.717, 1.165) is 6.42 Å². The predicted octanol–water partition coefficient (Wildman–Crippen LogP) is 3.02. The number of benzene rings is 1. The number of hydrogen-bond donors (Lipinski definition) is 1. The summed E-state index contributed by atoms with van der Waals surface area (Å²) in [6, 6.07) is 5.91. The van der Waals surface area contributed by atoms with Gasteiger partial charge in [0.25, 0.3) is 0 Å². The zero-order valence-electron chi connectivity index (χ0n) is 15.6. The lowest BCUT2D eigenvalue weighted by Gasteiger charge is -2.38. The summed E-state index contributed by atoms with van der Waals surface area (Å²) in [4.78, 5) is 25.7. The van der Waals surface area contributed by atoms with Crippen LogP contribution in [0.25, 0.3) is 0 Å². The standard InChI is InChI=1S/C20H27FN2O3/c1-12(2)19(24)17(13(3)26-4)18(14-7-9-15(21)10-8-14)16-6-5-11-23(22)20(16)25/h7-10,12,16-18H,3,5-6,11,22H2,1-2,4H3. The second kappa shape index (κ2) is 8.45. The van der Waals surface area contributed by atoms with E-state index >= 15 is 0 Å². The molecule has 26 heavy (non-hydrogen) atoms. The van der Waals surface area contributed by atoms with Crippen LogP contribution in [0, 0.1) is 23.6 Å². The van der Waals surface area contributed by atoms with Crippen molar-refractivity contribution >= 4 is 11.7 Å². The molecule has 0 saturated carbocycles. The maximum atomic E-state index is 13.4. The first-order valence-electron chi connectivity index (χ1n) is 8.86. The Hall–Kier alpha value is -2.21. The number of amides is 1. The van der Waals surface area contributed by atoms with Crippen LogP contribution in [-0.2, 0) is 14.3 Å². The molecule has 2 N–H and O–H groups in total. The van der Waals surface area contributed by atoms with Crippen LogP contribution in [-0.4, -0.2) is 30.4 Å². The molecule has 3 unspecified atom stereocenters. The molecule has 1 heterocycles. The number of hydrogen-bond acceptors (Lipinski definition) is 4. The Morgan fingerprint density at radius 2 is 1.96 bits per heavy atom. The first-order valence-corrected chi connectivity index (χ1v) is 8.86. The van der Waals surface area contributed by atoms with Gasteiger partial charge in [0.05, 0.1) is 18.8 Å². The maximum absolute atomic E-state index is 13.4. The normalized spacial score (nSPS) is 20.0. The van der Waals surface area contributed by atoms with Crippen molar-refractivity contribution in [3.8, 4) is 0 Å².